The van der Waals surface area contributed by atoms with Gasteiger partial charge in [-0.05, 0) is 19.4 Å². The van der Waals surface area contributed by atoms with Crippen LogP contribution in [0, 0.1) is 0 Å². The predicted octanol–water partition coefficient (Wildman–Crippen LogP) is 1.87. The Bertz CT molecular complexity index is 671. The molecule has 1 aliphatic rings. The molecule has 0 saturated carbocycles. The standard InChI is InChI=1S/C19H28N4O4/c1-4-6-7-21(3)17(24)15-12-16(14-20-13-15)18(25)22-8-10-23(11-9-22)19(26)27-5-2/h12-14H,4-11H2,1-3H3. The zero-order valence-electron chi connectivity index (χ0n) is 16.3. The Morgan fingerprint density at radius 1 is 1.07 bits per heavy atom. The van der Waals surface area contributed by atoms with E-state index in [2.05, 4.69) is 11.9 Å². The number of aromatic nitrogens is 1. The highest BCUT2D eigenvalue weighted by molar-refractivity contribution is 5.99. The molecule has 0 aliphatic carbocycles. The summed E-state index contributed by atoms with van der Waals surface area (Å²) in [6, 6.07) is 1.60. The largest absolute Gasteiger partial charge is 0.450 e. The maximum Gasteiger partial charge on any atom is 0.409 e. The third-order valence-corrected chi connectivity index (χ3v) is 4.52. The van der Waals surface area contributed by atoms with Gasteiger partial charge >= 0.3 is 6.09 Å². The van der Waals surface area contributed by atoms with Crippen LogP contribution in [0.25, 0.3) is 0 Å². The number of hydrogen-bond acceptors (Lipinski definition) is 5. The number of piperazine rings is 1. The number of unbranched alkanes of at least 4 members (excludes halogenated alkanes) is 1. The Hall–Kier alpha value is -2.64. The average molecular weight is 376 g/mol. The van der Waals surface area contributed by atoms with Crippen molar-refractivity contribution < 1.29 is 19.1 Å². The van der Waals surface area contributed by atoms with Crippen molar-refractivity contribution >= 4 is 17.9 Å². The topological polar surface area (TPSA) is 83.1 Å². The predicted molar refractivity (Wildman–Crippen MR) is 101 cm³/mol. The maximum atomic E-state index is 12.7. The smallest absolute Gasteiger partial charge is 0.409 e. The van der Waals surface area contributed by atoms with Crippen LogP contribution in [0.15, 0.2) is 18.5 Å². The third-order valence-electron chi connectivity index (χ3n) is 4.52. The maximum absolute atomic E-state index is 12.7. The molecule has 148 valence electrons. The number of amides is 3. The van der Waals surface area contributed by atoms with E-state index in [0.29, 0.717) is 50.5 Å². The molecule has 1 aromatic rings. The molecule has 1 aromatic heterocycles. The molecule has 27 heavy (non-hydrogen) atoms. The molecule has 8 nitrogen and oxygen atoms in total. The first-order chi connectivity index (χ1) is 13.0. The van der Waals surface area contributed by atoms with E-state index in [9.17, 15) is 14.4 Å². The lowest BCUT2D eigenvalue weighted by molar-refractivity contribution is 0.0570. The van der Waals surface area contributed by atoms with Gasteiger partial charge in [-0.25, -0.2) is 4.79 Å². The number of nitrogens with zero attached hydrogens (tertiary/aromatic N) is 4. The van der Waals surface area contributed by atoms with Gasteiger partial charge in [-0.1, -0.05) is 13.3 Å². The highest BCUT2D eigenvalue weighted by Crippen LogP contribution is 2.12. The van der Waals surface area contributed by atoms with Crippen molar-refractivity contribution in [1.29, 1.82) is 0 Å². The lowest BCUT2D eigenvalue weighted by Gasteiger charge is -2.34. The monoisotopic (exact) mass is 376 g/mol. The second-order valence-electron chi connectivity index (χ2n) is 6.52. The minimum absolute atomic E-state index is 0.141. The van der Waals surface area contributed by atoms with Gasteiger partial charge in [0.2, 0.25) is 0 Å². The first-order valence-corrected chi connectivity index (χ1v) is 9.39. The quantitative estimate of drug-likeness (QED) is 0.757. The molecule has 3 amide bonds. The minimum Gasteiger partial charge on any atom is -0.450 e. The van der Waals surface area contributed by atoms with E-state index in [-0.39, 0.29) is 17.9 Å². The Morgan fingerprint density at radius 2 is 1.70 bits per heavy atom. The molecular formula is C19H28N4O4. The van der Waals surface area contributed by atoms with E-state index in [1.807, 2.05) is 0 Å². The fourth-order valence-electron chi connectivity index (χ4n) is 2.88. The van der Waals surface area contributed by atoms with Crippen molar-refractivity contribution in [2.75, 3.05) is 46.4 Å². The van der Waals surface area contributed by atoms with E-state index in [4.69, 9.17) is 4.74 Å². The third kappa shape index (κ3) is 5.42. The summed E-state index contributed by atoms with van der Waals surface area (Å²) in [4.78, 5) is 46.0. The average Bonchev–Trinajstić information content (AvgIpc) is 2.71. The van der Waals surface area contributed by atoms with Gasteiger partial charge in [0.1, 0.15) is 0 Å². The van der Waals surface area contributed by atoms with Crippen LogP contribution in [0.1, 0.15) is 47.4 Å². The molecule has 0 unspecified atom stereocenters. The Morgan fingerprint density at radius 3 is 2.33 bits per heavy atom. The molecule has 8 heteroatoms. The van der Waals surface area contributed by atoms with Gasteiger partial charge in [0, 0.05) is 52.2 Å². The number of rotatable bonds is 6. The second kappa shape index (κ2) is 9.89. The Labute approximate surface area is 160 Å². The normalized spacial score (nSPS) is 14.0. The van der Waals surface area contributed by atoms with E-state index in [1.54, 1.807) is 34.7 Å². The Kier molecular flexibility index (Phi) is 7.57. The van der Waals surface area contributed by atoms with Gasteiger partial charge in [0.25, 0.3) is 11.8 Å². The van der Waals surface area contributed by atoms with E-state index in [1.165, 1.54) is 12.4 Å². The van der Waals surface area contributed by atoms with Crippen molar-refractivity contribution in [2.45, 2.75) is 26.7 Å². The van der Waals surface area contributed by atoms with Crippen molar-refractivity contribution in [2.24, 2.45) is 0 Å². The molecule has 1 fully saturated rings. The summed E-state index contributed by atoms with van der Waals surface area (Å²) in [7, 11) is 1.75. The first kappa shape index (κ1) is 20.7. The summed E-state index contributed by atoms with van der Waals surface area (Å²) in [5, 5.41) is 0. The molecule has 1 saturated heterocycles. The Balaban J connectivity index is 1.99. The summed E-state index contributed by atoms with van der Waals surface area (Å²) >= 11 is 0. The lowest BCUT2D eigenvalue weighted by Crippen LogP contribution is -2.50. The molecule has 1 aliphatic heterocycles. The molecule has 0 radical (unpaired) electrons. The number of pyridine rings is 1. The fraction of sp³-hybridized carbons (Fsp3) is 0.579. The molecule has 2 heterocycles. The van der Waals surface area contributed by atoms with Crippen LogP contribution in [-0.4, -0.2) is 84.0 Å². The highest BCUT2D eigenvalue weighted by atomic mass is 16.6. The van der Waals surface area contributed by atoms with Gasteiger partial charge in [-0.3, -0.25) is 14.6 Å². The number of hydrogen-bond donors (Lipinski definition) is 0. The van der Waals surface area contributed by atoms with Crippen LogP contribution in [0.3, 0.4) is 0 Å². The van der Waals surface area contributed by atoms with Gasteiger partial charge in [-0.15, -0.1) is 0 Å². The summed E-state index contributed by atoms with van der Waals surface area (Å²) in [5.41, 5.74) is 0.791. The number of ether oxygens (including phenoxy) is 1. The molecule has 0 spiro atoms. The van der Waals surface area contributed by atoms with Gasteiger partial charge in [0.05, 0.1) is 17.7 Å². The lowest BCUT2D eigenvalue weighted by atomic mass is 10.1. The van der Waals surface area contributed by atoms with Crippen molar-refractivity contribution in [3.8, 4) is 0 Å². The molecule has 0 N–H and O–H groups in total. The van der Waals surface area contributed by atoms with Crippen LogP contribution in [-0.2, 0) is 4.74 Å². The molecule has 0 atom stereocenters. The van der Waals surface area contributed by atoms with Crippen LogP contribution in [0.5, 0.6) is 0 Å². The number of carbonyl (C=O) groups is 3. The zero-order valence-corrected chi connectivity index (χ0v) is 16.3. The van der Waals surface area contributed by atoms with Crippen LogP contribution >= 0.6 is 0 Å². The minimum atomic E-state index is -0.353. The van der Waals surface area contributed by atoms with Crippen molar-refractivity contribution in [3.05, 3.63) is 29.6 Å². The first-order valence-electron chi connectivity index (χ1n) is 9.39. The van der Waals surface area contributed by atoms with Crippen molar-refractivity contribution in [1.82, 2.24) is 19.7 Å². The van der Waals surface area contributed by atoms with E-state index >= 15 is 0 Å². The van der Waals surface area contributed by atoms with Crippen LogP contribution in [0.4, 0.5) is 4.79 Å². The SMILES string of the molecule is CCCCN(C)C(=O)c1cncc(C(=O)N2CCN(C(=O)OCC)CC2)c1. The van der Waals surface area contributed by atoms with Gasteiger partial charge in [0.15, 0.2) is 0 Å². The molecule has 2 rings (SSSR count). The van der Waals surface area contributed by atoms with Gasteiger partial charge < -0.3 is 19.4 Å². The zero-order chi connectivity index (χ0) is 19.8. The molecule has 0 bridgehead atoms. The fourth-order valence-corrected chi connectivity index (χ4v) is 2.88. The summed E-state index contributed by atoms with van der Waals surface area (Å²) in [5.74, 6) is -0.324. The summed E-state index contributed by atoms with van der Waals surface area (Å²) in [6.45, 7) is 6.53. The molecule has 0 aromatic carbocycles. The highest BCUT2D eigenvalue weighted by Gasteiger charge is 2.26. The van der Waals surface area contributed by atoms with Crippen LogP contribution < -0.4 is 0 Å². The molecular weight excluding hydrogens is 348 g/mol. The van der Waals surface area contributed by atoms with E-state index in [0.717, 1.165) is 12.8 Å². The van der Waals surface area contributed by atoms with Crippen molar-refractivity contribution in [3.63, 3.8) is 0 Å². The van der Waals surface area contributed by atoms with E-state index < -0.39 is 0 Å². The summed E-state index contributed by atoms with van der Waals surface area (Å²) < 4.78 is 4.99. The van der Waals surface area contributed by atoms with Gasteiger partial charge in [-0.2, -0.15) is 0 Å². The van der Waals surface area contributed by atoms with Crippen LogP contribution in [0.2, 0.25) is 0 Å². The number of carbonyl (C=O) groups excluding carboxylic acids is 3. The summed E-state index contributed by atoms with van der Waals surface area (Å²) in [6.07, 6.45) is 4.54. The second-order valence-corrected chi connectivity index (χ2v) is 6.52.